The van der Waals surface area contributed by atoms with Crippen LogP contribution in [0.25, 0.3) is 5.76 Å². The number of fused-ring (bicyclic) bond motifs is 1. The topological polar surface area (TPSA) is 96.3 Å². The number of hydrogen-bond donors (Lipinski definition) is 2. The number of hydrogen-bond acceptors (Lipinski definition) is 6. The van der Waals surface area contributed by atoms with Crippen LogP contribution < -0.4 is 9.47 Å². The van der Waals surface area contributed by atoms with Crippen LogP contribution in [0.1, 0.15) is 36.9 Å². The second kappa shape index (κ2) is 7.50. The van der Waals surface area contributed by atoms with Crippen molar-refractivity contribution < 1.29 is 29.3 Å². The Morgan fingerprint density at radius 2 is 1.93 bits per heavy atom. The van der Waals surface area contributed by atoms with E-state index in [0.29, 0.717) is 35.6 Å². The lowest BCUT2D eigenvalue weighted by atomic mass is 9.95. The number of phenols is 1. The van der Waals surface area contributed by atoms with E-state index in [1.54, 1.807) is 30.3 Å². The first kappa shape index (κ1) is 18.9. The molecule has 2 heterocycles. The number of aliphatic hydroxyl groups is 1. The van der Waals surface area contributed by atoms with Gasteiger partial charge in [0.15, 0.2) is 11.5 Å². The molecule has 1 saturated heterocycles. The van der Waals surface area contributed by atoms with Crippen LogP contribution in [0.15, 0.2) is 48.0 Å². The maximum absolute atomic E-state index is 12.9. The molecule has 1 atom stereocenters. The molecule has 29 heavy (non-hydrogen) atoms. The second-order valence-corrected chi connectivity index (χ2v) is 7.01. The van der Waals surface area contributed by atoms with Crippen LogP contribution >= 0.6 is 0 Å². The highest BCUT2D eigenvalue weighted by Crippen LogP contribution is 2.42. The largest absolute Gasteiger partial charge is 0.508 e. The molecule has 150 valence electrons. The summed E-state index contributed by atoms with van der Waals surface area (Å²) in [6, 6.07) is 10.4. The quantitative estimate of drug-likeness (QED) is 0.458. The average molecular weight is 395 g/mol. The molecule has 0 aromatic heterocycles. The van der Waals surface area contributed by atoms with Crippen molar-refractivity contribution in [2.75, 3.05) is 13.3 Å². The van der Waals surface area contributed by atoms with E-state index in [1.807, 2.05) is 6.92 Å². The van der Waals surface area contributed by atoms with Crippen LogP contribution in [-0.2, 0) is 9.59 Å². The molecular weight excluding hydrogens is 374 g/mol. The second-order valence-electron chi connectivity index (χ2n) is 7.01. The Labute approximate surface area is 167 Å². The Bertz CT molecular complexity index is 1010. The molecule has 4 rings (SSSR count). The van der Waals surface area contributed by atoms with Gasteiger partial charge in [0.2, 0.25) is 6.79 Å². The molecule has 0 aliphatic carbocycles. The first-order valence-electron chi connectivity index (χ1n) is 9.48. The van der Waals surface area contributed by atoms with Crippen molar-refractivity contribution in [1.29, 1.82) is 0 Å². The highest BCUT2D eigenvalue weighted by Gasteiger charge is 2.45. The van der Waals surface area contributed by atoms with Crippen molar-refractivity contribution in [3.8, 4) is 17.2 Å². The molecule has 0 bridgehead atoms. The zero-order valence-electron chi connectivity index (χ0n) is 15.9. The van der Waals surface area contributed by atoms with Crippen molar-refractivity contribution in [2.24, 2.45) is 0 Å². The standard InChI is InChI=1S/C22H21NO6/c1-2-3-9-23-19(13-5-4-6-15(24)10-13)18(21(26)22(23)27)20(25)14-7-8-16-17(11-14)29-12-28-16/h4-8,10-11,19,24-25H,2-3,9,12H2,1H3/b20-18-. The van der Waals surface area contributed by atoms with Gasteiger partial charge in [0, 0.05) is 12.1 Å². The molecule has 0 radical (unpaired) electrons. The summed E-state index contributed by atoms with van der Waals surface area (Å²) in [6.07, 6.45) is 1.56. The van der Waals surface area contributed by atoms with E-state index < -0.39 is 17.7 Å². The molecule has 2 aromatic rings. The van der Waals surface area contributed by atoms with Gasteiger partial charge in [0.25, 0.3) is 11.7 Å². The molecule has 1 amide bonds. The van der Waals surface area contributed by atoms with E-state index in [4.69, 9.17) is 9.47 Å². The fourth-order valence-corrected chi connectivity index (χ4v) is 3.68. The predicted octanol–water partition coefficient (Wildman–Crippen LogP) is 3.34. The molecule has 0 saturated carbocycles. The van der Waals surface area contributed by atoms with Gasteiger partial charge in [-0.25, -0.2) is 0 Å². The summed E-state index contributed by atoms with van der Waals surface area (Å²) >= 11 is 0. The van der Waals surface area contributed by atoms with Crippen LogP contribution in [0.3, 0.4) is 0 Å². The van der Waals surface area contributed by atoms with Crippen molar-refractivity contribution in [1.82, 2.24) is 4.90 Å². The van der Waals surface area contributed by atoms with Gasteiger partial charge in [-0.1, -0.05) is 25.5 Å². The third kappa shape index (κ3) is 3.29. The number of ether oxygens (including phenoxy) is 2. The molecule has 2 aromatic carbocycles. The Morgan fingerprint density at radius 1 is 1.14 bits per heavy atom. The number of aliphatic hydroxyl groups excluding tert-OH is 1. The number of nitrogens with zero attached hydrogens (tertiary/aromatic N) is 1. The van der Waals surface area contributed by atoms with Crippen molar-refractivity contribution in [2.45, 2.75) is 25.8 Å². The molecular formula is C22H21NO6. The van der Waals surface area contributed by atoms with E-state index in [1.165, 1.54) is 17.0 Å². The van der Waals surface area contributed by atoms with Gasteiger partial charge in [-0.3, -0.25) is 9.59 Å². The van der Waals surface area contributed by atoms with Gasteiger partial charge in [-0.05, 0) is 42.3 Å². The smallest absolute Gasteiger partial charge is 0.295 e. The SMILES string of the molecule is CCCCN1C(=O)C(=O)/C(=C(\O)c2ccc3c(c2)OCO3)C1c1cccc(O)c1. The van der Waals surface area contributed by atoms with Crippen molar-refractivity contribution >= 4 is 17.4 Å². The van der Waals surface area contributed by atoms with Gasteiger partial charge in [-0.15, -0.1) is 0 Å². The first-order valence-corrected chi connectivity index (χ1v) is 9.48. The molecule has 2 aliphatic heterocycles. The number of amides is 1. The maximum Gasteiger partial charge on any atom is 0.295 e. The number of carbonyl (C=O) groups is 2. The normalized spacial score (nSPS) is 19.8. The van der Waals surface area contributed by atoms with Gasteiger partial charge in [-0.2, -0.15) is 0 Å². The lowest BCUT2D eigenvalue weighted by Crippen LogP contribution is -2.30. The number of benzene rings is 2. The number of unbranched alkanes of at least 4 members (excludes halogenated alkanes) is 1. The minimum atomic E-state index is -0.779. The third-order valence-electron chi connectivity index (χ3n) is 5.12. The highest BCUT2D eigenvalue weighted by molar-refractivity contribution is 6.46. The predicted molar refractivity (Wildman–Crippen MR) is 105 cm³/mol. The van der Waals surface area contributed by atoms with Gasteiger partial charge < -0.3 is 24.6 Å². The minimum Gasteiger partial charge on any atom is -0.508 e. The number of carbonyl (C=O) groups excluding carboxylic acids is 2. The number of aromatic hydroxyl groups is 1. The molecule has 1 unspecified atom stereocenters. The Hall–Kier alpha value is -3.48. The van der Waals surface area contributed by atoms with E-state index in [9.17, 15) is 19.8 Å². The fraction of sp³-hybridized carbons (Fsp3) is 0.273. The van der Waals surface area contributed by atoms with E-state index in [2.05, 4.69) is 0 Å². The van der Waals surface area contributed by atoms with Crippen molar-refractivity contribution in [3.05, 3.63) is 59.2 Å². The van der Waals surface area contributed by atoms with E-state index in [0.717, 1.165) is 6.42 Å². The maximum atomic E-state index is 12.9. The van der Waals surface area contributed by atoms with E-state index in [-0.39, 0.29) is 23.9 Å². The zero-order chi connectivity index (χ0) is 20.5. The van der Waals surface area contributed by atoms with Crippen molar-refractivity contribution in [3.63, 3.8) is 0 Å². The Balaban J connectivity index is 1.85. The van der Waals surface area contributed by atoms with Gasteiger partial charge in [0.05, 0.1) is 11.6 Å². The highest BCUT2D eigenvalue weighted by atomic mass is 16.7. The number of phenolic OH excluding ortho intramolecular Hbond substituents is 1. The average Bonchev–Trinajstić information content (AvgIpc) is 3.28. The number of Topliss-reactive ketones (excluding diaryl/α,β-unsaturated/α-hetero) is 1. The number of rotatable bonds is 5. The van der Waals surface area contributed by atoms with Gasteiger partial charge in [0.1, 0.15) is 11.5 Å². The van der Waals surface area contributed by atoms with E-state index >= 15 is 0 Å². The summed E-state index contributed by atoms with van der Waals surface area (Å²) in [5.41, 5.74) is 0.908. The number of ketones is 1. The summed E-state index contributed by atoms with van der Waals surface area (Å²) in [6.45, 7) is 2.45. The first-order chi connectivity index (χ1) is 14.0. The lowest BCUT2D eigenvalue weighted by Gasteiger charge is -2.25. The van der Waals surface area contributed by atoms with Crippen LogP contribution in [0, 0.1) is 0 Å². The molecule has 0 spiro atoms. The third-order valence-corrected chi connectivity index (χ3v) is 5.12. The Kier molecular flexibility index (Phi) is 4.88. The van der Waals surface area contributed by atoms with Crippen LogP contribution in [0.5, 0.6) is 17.2 Å². The summed E-state index contributed by atoms with van der Waals surface area (Å²) in [5.74, 6) is -0.656. The molecule has 2 aliphatic rings. The summed E-state index contributed by atoms with van der Waals surface area (Å²) < 4.78 is 10.6. The van der Waals surface area contributed by atoms with Crippen LogP contribution in [0.4, 0.5) is 0 Å². The van der Waals surface area contributed by atoms with Gasteiger partial charge >= 0.3 is 0 Å². The number of likely N-dealkylation sites (tertiary alicyclic amines) is 1. The lowest BCUT2D eigenvalue weighted by molar-refractivity contribution is -0.139. The minimum absolute atomic E-state index is 0.00410. The molecule has 7 nitrogen and oxygen atoms in total. The monoisotopic (exact) mass is 395 g/mol. The fourth-order valence-electron chi connectivity index (χ4n) is 3.68. The summed E-state index contributed by atoms with van der Waals surface area (Å²) in [5, 5.41) is 20.9. The summed E-state index contributed by atoms with van der Waals surface area (Å²) in [7, 11) is 0. The summed E-state index contributed by atoms with van der Waals surface area (Å²) in [4.78, 5) is 27.1. The molecule has 1 fully saturated rings. The molecule has 7 heteroatoms. The zero-order valence-corrected chi connectivity index (χ0v) is 15.9. The van der Waals surface area contributed by atoms with Crippen LogP contribution in [-0.4, -0.2) is 40.1 Å². The van der Waals surface area contributed by atoms with Crippen LogP contribution in [0.2, 0.25) is 0 Å². The Morgan fingerprint density at radius 3 is 2.69 bits per heavy atom. The molecule has 2 N–H and O–H groups in total.